The second-order valence-electron chi connectivity index (χ2n) is 8.05. The van der Waals surface area contributed by atoms with E-state index < -0.39 is 55.0 Å². The molecule has 0 saturated carbocycles. The number of amides is 1. The van der Waals surface area contributed by atoms with Crippen molar-refractivity contribution in [3.8, 4) is 0 Å². The molecule has 208 valence electrons. The van der Waals surface area contributed by atoms with Crippen molar-refractivity contribution in [2.24, 2.45) is 5.92 Å². The summed E-state index contributed by atoms with van der Waals surface area (Å²) in [4.78, 5) is 57.6. The van der Waals surface area contributed by atoms with E-state index in [9.17, 15) is 39.1 Å². The molecule has 2 aliphatic heterocycles. The van der Waals surface area contributed by atoms with Crippen LogP contribution in [-0.4, -0.2) is 83.6 Å². The van der Waals surface area contributed by atoms with Crippen molar-refractivity contribution < 1.29 is 66.1 Å². The highest BCUT2D eigenvalue weighted by Gasteiger charge is 2.52. The summed E-state index contributed by atoms with van der Waals surface area (Å²) in [6.45, 7) is 2.89. The van der Waals surface area contributed by atoms with Crippen molar-refractivity contribution in [1.29, 1.82) is 0 Å². The average molecular weight is 579 g/mol. The molecule has 1 amide bonds. The van der Waals surface area contributed by atoms with E-state index in [2.05, 4.69) is 28.8 Å². The number of aliphatic hydroxyl groups excluding tert-OH is 2. The average Bonchev–Trinajstić information content (AvgIpc) is 3.15. The second kappa shape index (κ2) is 13.1. The smallest absolute Gasteiger partial charge is 0.513 e. The number of phosphoric ester groups is 2. The van der Waals surface area contributed by atoms with Gasteiger partial charge in [0.15, 0.2) is 0 Å². The molecule has 0 aromatic carbocycles. The molecule has 4 N–H and O–H groups in total. The van der Waals surface area contributed by atoms with Crippen molar-refractivity contribution in [1.82, 2.24) is 4.90 Å². The van der Waals surface area contributed by atoms with E-state index in [0.29, 0.717) is 24.1 Å². The van der Waals surface area contributed by atoms with E-state index in [1.165, 1.54) is 4.90 Å². The summed E-state index contributed by atoms with van der Waals surface area (Å²) in [5.74, 6) is -0.699. The van der Waals surface area contributed by atoms with E-state index in [1.807, 2.05) is 0 Å². The number of phosphoric acid groups is 3. The van der Waals surface area contributed by atoms with Gasteiger partial charge in [-0.15, -0.1) is 0 Å². The summed E-state index contributed by atoms with van der Waals surface area (Å²) < 4.78 is 39.0. The van der Waals surface area contributed by atoms with Gasteiger partial charge in [-0.2, -0.15) is 14.3 Å². The van der Waals surface area contributed by atoms with Crippen molar-refractivity contribution >= 4 is 30.1 Å². The molecule has 0 aliphatic carbocycles. The number of aliphatic hydroxyl groups is 2. The molecule has 0 aromatic rings. The van der Waals surface area contributed by atoms with E-state index in [-0.39, 0.29) is 25.4 Å². The van der Waals surface area contributed by atoms with Crippen LogP contribution in [0.5, 0.6) is 0 Å². The fourth-order valence-corrected chi connectivity index (χ4v) is 7.38. The highest BCUT2D eigenvalue weighted by Crippen LogP contribution is 2.72. The molecule has 2 heterocycles. The molecule has 2 rings (SSSR count). The maximum absolute atomic E-state index is 12.9. The third kappa shape index (κ3) is 8.81. The summed E-state index contributed by atoms with van der Waals surface area (Å²) >= 11 is 0. The zero-order chi connectivity index (χ0) is 27.3. The second-order valence-corrected chi connectivity index (χ2v) is 13.1. The lowest BCUT2D eigenvalue weighted by atomic mass is 9.91. The fraction of sp³-hybridized carbons (Fsp3) is 0.722. The van der Waals surface area contributed by atoms with Crippen LogP contribution in [0, 0.1) is 5.92 Å². The van der Waals surface area contributed by atoms with Crippen molar-refractivity contribution in [2.75, 3.05) is 34.5 Å². The SMILES string of the molecule is C=C1C(CO)=CCCC(C[C@H]2C[C@@H](O)[C@@H](CO[P+]([O-])(O)O[P+]([O-])(O)OP(=O)(OC)OC)O2)C(=O)N1C. The van der Waals surface area contributed by atoms with Gasteiger partial charge in [-0.25, -0.2) is 4.57 Å². The Morgan fingerprint density at radius 1 is 1.28 bits per heavy atom. The molecule has 0 aromatic heterocycles. The number of allylic oxidation sites excluding steroid dienone is 1. The zero-order valence-electron chi connectivity index (χ0n) is 20.0. The minimum Gasteiger partial charge on any atom is -0.603 e. The van der Waals surface area contributed by atoms with Gasteiger partial charge in [-0.05, 0) is 24.8 Å². The molecule has 18 heteroatoms. The fourth-order valence-electron chi connectivity index (χ4n) is 3.73. The van der Waals surface area contributed by atoms with Crippen LogP contribution in [0.3, 0.4) is 0 Å². The van der Waals surface area contributed by atoms with E-state index >= 15 is 0 Å². The molecule has 0 spiro atoms. The number of carbonyl (C=O) groups excluding carboxylic acids is 1. The van der Waals surface area contributed by atoms with Gasteiger partial charge in [0, 0.05) is 43.6 Å². The summed E-state index contributed by atoms with van der Waals surface area (Å²) in [7, 11) is -12.0. The lowest BCUT2D eigenvalue weighted by molar-refractivity contribution is -0.261. The summed E-state index contributed by atoms with van der Waals surface area (Å²) in [6.07, 6.45) is 0.298. The molecular formula is C18H32NO14P3. The molecule has 3 unspecified atom stereocenters. The summed E-state index contributed by atoms with van der Waals surface area (Å²) in [5.41, 5.74) is 0.955. The lowest BCUT2D eigenvalue weighted by Crippen LogP contribution is -2.36. The van der Waals surface area contributed by atoms with Crippen LogP contribution in [0.25, 0.3) is 0 Å². The first-order chi connectivity index (χ1) is 16.7. The Morgan fingerprint density at radius 2 is 1.92 bits per heavy atom. The van der Waals surface area contributed by atoms with E-state index in [1.54, 1.807) is 13.1 Å². The quantitative estimate of drug-likeness (QED) is 0.218. The molecule has 6 atom stereocenters. The van der Waals surface area contributed by atoms with E-state index in [4.69, 9.17) is 4.74 Å². The molecule has 1 saturated heterocycles. The minimum atomic E-state index is -5.44. The summed E-state index contributed by atoms with van der Waals surface area (Å²) in [5, 5.41) is 19.7. The maximum atomic E-state index is 12.9. The number of hydrogen-bond acceptors (Lipinski definition) is 14. The van der Waals surface area contributed by atoms with Crippen LogP contribution in [0.2, 0.25) is 0 Å². The van der Waals surface area contributed by atoms with Crippen LogP contribution in [0.1, 0.15) is 25.7 Å². The molecular weight excluding hydrogens is 547 g/mol. The number of rotatable bonds is 12. The van der Waals surface area contributed by atoms with Crippen LogP contribution < -0.4 is 9.79 Å². The van der Waals surface area contributed by atoms with E-state index in [0.717, 1.165) is 14.2 Å². The highest BCUT2D eigenvalue weighted by molar-refractivity contribution is 7.71. The van der Waals surface area contributed by atoms with Crippen molar-refractivity contribution in [3.05, 3.63) is 23.9 Å². The van der Waals surface area contributed by atoms with Crippen LogP contribution in [0.15, 0.2) is 23.9 Å². The van der Waals surface area contributed by atoms with Gasteiger partial charge in [-0.1, -0.05) is 17.0 Å². The maximum Gasteiger partial charge on any atom is 0.513 e. The Kier molecular flexibility index (Phi) is 11.5. The predicted octanol–water partition coefficient (Wildman–Crippen LogP) is -0.293. The normalized spacial score (nSPS) is 29.4. The van der Waals surface area contributed by atoms with Gasteiger partial charge in [-0.3, -0.25) is 13.8 Å². The van der Waals surface area contributed by atoms with Gasteiger partial charge in [0.1, 0.15) is 12.7 Å². The monoisotopic (exact) mass is 579 g/mol. The van der Waals surface area contributed by atoms with Gasteiger partial charge < -0.3 is 29.6 Å². The number of nitrogens with zero attached hydrogens (tertiary/aromatic N) is 1. The Balaban J connectivity index is 1.93. The Hall–Kier alpha value is -0.440. The molecule has 15 nitrogen and oxygen atoms in total. The molecule has 36 heavy (non-hydrogen) atoms. The van der Waals surface area contributed by atoms with Crippen LogP contribution in [0.4, 0.5) is 0 Å². The predicted molar refractivity (Wildman–Crippen MR) is 122 cm³/mol. The van der Waals surface area contributed by atoms with Crippen LogP contribution >= 0.6 is 24.2 Å². The summed E-state index contributed by atoms with van der Waals surface area (Å²) in [6, 6.07) is 0. The Morgan fingerprint density at radius 3 is 2.50 bits per heavy atom. The van der Waals surface area contributed by atoms with Gasteiger partial charge >= 0.3 is 24.2 Å². The number of hydrogen-bond donors (Lipinski definition) is 4. The third-order valence-electron chi connectivity index (χ3n) is 5.64. The topological polar surface area (TPSA) is 220 Å². The number of carbonyl (C=O) groups is 1. The lowest BCUT2D eigenvalue weighted by Gasteiger charge is -2.29. The minimum absolute atomic E-state index is 0.100. The first kappa shape index (κ1) is 31.8. The first-order valence-electron chi connectivity index (χ1n) is 10.7. The van der Waals surface area contributed by atoms with Crippen molar-refractivity contribution in [2.45, 2.75) is 44.0 Å². The largest absolute Gasteiger partial charge is 0.603 e. The highest BCUT2D eigenvalue weighted by atomic mass is 31.3. The zero-order valence-corrected chi connectivity index (χ0v) is 22.7. The Bertz CT molecular complexity index is 860. The van der Waals surface area contributed by atoms with Crippen molar-refractivity contribution in [3.63, 3.8) is 0 Å². The van der Waals surface area contributed by atoms with Gasteiger partial charge in [0.05, 0.1) is 18.8 Å². The number of ether oxygens (including phenoxy) is 1. The standard InChI is InChI=1S/C18H32NO14P3/c1-12-14(10-20)7-5-6-13(18(22)19(12)2)8-15-9-16(21)17(31-15)11-30-34(23,24)32-35(25,26)33-36(27,28-3)29-4/h7,13,15-17,20-21H,1,5-6,8-11H2,2-4H3,(H,23,24)(H,25,26)/t13?,15-,16+,17+/m0/s1. The van der Waals surface area contributed by atoms with Gasteiger partial charge in [0.2, 0.25) is 5.91 Å². The molecule has 0 radical (unpaired) electrons. The Labute approximate surface area is 209 Å². The number of likely N-dealkylation sites (N-methyl/N-ethyl adjacent to an activating group) is 1. The third-order valence-corrected chi connectivity index (χ3v) is 10.3. The molecule has 1 fully saturated rings. The molecule has 2 aliphatic rings. The first-order valence-corrected chi connectivity index (χ1v) is 15.2. The van der Waals surface area contributed by atoms with Crippen LogP contribution in [-0.2, 0) is 36.3 Å². The molecule has 0 bridgehead atoms. The van der Waals surface area contributed by atoms with Gasteiger partial charge in [0.25, 0.3) is 0 Å².